The first-order chi connectivity index (χ1) is 7.15. The van der Waals surface area contributed by atoms with Crippen molar-refractivity contribution in [3.63, 3.8) is 0 Å². The largest absolute Gasteiger partial charge is 0.481 e. The standard InChI is InChI=1S/C10H18N2O3/c11-6-2-5-9(13)12-8-4-1-3-7(8)10(14)15/h7-8H,1-6,11H2,(H,12,13)(H,14,15). The Morgan fingerprint density at radius 3 is 2.73 bits per heavy atom. The lowest BCUT2D eigenvalue weighted by molar-refractivity contribution is -0.142. The van der Waals surface area contributed by atoms with Crippen LogP contribution in [0.4, 0.5) is 0 Å². The highest BCUT2D eigenvalue weighted by molar-refractivity contribution is 5.78. The number of rotatable bonds is 5. The number of carbonyl (C=O) groups excluding carboxylic acids is 1. The van der Waals surface area contributed by atoms with E-state index in [0.717, 1.165) is 12.8 Å². The van der Waals surface area contributed by atoms with E-state index >= 15 is 0 Å². The van der Waals surface area contributed by atoms with E-state index in [1.807, 2.05) is 0 Å². The van der Waals surface area contributed by atoms with Crippen molar-refractivity contribution < 1.29 is 14.7 Å². The van der Waals surface area contributed by atoms with Crippen LogP contribution in [0.1, 0.15) is 32.1 Å². The molecule has 1 saturated carbocycles. The Balaban J connectivity index is 2.36. The Morgan fingerprint density at radius 1 is 1.40 bits per heavy atom. The highest BCUT2D eigenvalue weighted by atomic mass is 16.4. The van der Waals surface area contributed by atoms with E-state index in [4.69, 9.17) is 10.8 Å². The van der Waals surface area contributed by atoms with Gasteiger partial charge < -0.3 is 16.2 Å². The maximum Gasteiger partial charge on any atom is 0.308 e. The summed E-state index contributed by atoms with van der Waals surface area (Å²) >= 11 is 0. The molecule has 0 spiro atoms. The predicted octanol–water partition coefficient (Wildman–Crippen LogP) is 0.0948. The van der Waals surface area contributed by atoms with Crippen LogP contribution in [0.25, 0.3) is 0 Å². The maximum atomic E-state index is 11.4. The van der Waals surface area contributed by atoms with Crippen molar-refractivity contribution >= 4 is 11.9 Å². The van der Waals surface area contributed by atoms with Gasteiger partial charge in [0.05, 0.1) is 5.92 Å². The molecule has 0 saturated heterocycles. The summed E-state index contributed by atoms with van der Waals surface area (Å²) in [5.74, 6) is -1.30. The zero-order valence-electron chi connectivity index (χ0n) is 8.74. The first-order valence-corrected chi connectivity index (χ1v) is 5.37. The predicted molar refractivity (Wildman–Crippen MR) is 55.2 cm³/mol. The summed E-state index contributed by atoms with van der Waals surface area (Å²) in [6, 6.07) is -0.187. The molecule has 1 aliphatic carbocycles. The second-order valence-corrected chi connectivity index (χ2v) is 3.94. The van der Waals surface area contributed by atoms with E-state index in [9.17, 15) is 9.59 Å². The highest BCUT2D eigenvalue weighted by Gasteiger charge is 2.33. The van der Waals surface area contributed by atoms with E-state index in [0.29, 0.717) is 25.8 Å². The third-order valence-corrected chi connectivity index (χ3v) is 2.79. The Labute approximate surface area is 89.0 Å². The quantitative estimate of drug-likeness (QED) is 0.605. The molecule has 1 amide bonds. The van der Waals surface area contributed by atoms with Gasteiger partial charge in [0.1, 0.15) is 0 Å². The fraction of sp³-hybridized carbons (Fsp3) is 0.800. The number of nitrogens with two attached hydrogens (primary N) is 1. The molecule has 5 nitrogen and oxygen atoms in total. The second kappa shape index (κ2) is 5.70. The zero-order chi connectivity index (χ0) is 11.3. The van der Waals surface area contributed by atoms with E-state index in [2.05, 4.69) is 5.32 Å². The van der Waals surface area contributed by atoms with Crippen LogP contribution in [0.3, 0.4) is 0 Å². The average molecular weight is 214 g/mol. The average Bonchev–Trinajstić information content (AvgIpc) is 2.62. The van der Waals surface area contributed by atoms with Crippen molar-refractivity contribution in [1.82, 2.24) is 5.32 Å². The summed E-state index contributed by atoms with van der Waals surface area (Å²) < 4.78 is 0. The van der Waals surface area contributed by atoms with Crippen LogP contribution >= 0.6 is 0 Å². The molecule has 86 valence electrons. The summed E-state index contributed by atoms with van der Waals surface area (Å²) in [5.41, 5.74) is 5.29. The van der Waals surface area contributed by atoms with E-state index in [1.54, 1.807) is 0 Å². The summed E-state index contributed by atoms with van der Waals surface area (Å²) in [5, 5.41) is 11.7. The van der Waals surface area contributed by atoms with Crippen LogP contribution in [-0.4, -0.2) is 29.6 Å². The lowest BCUT2D eigenvalue weighted by Gasteiger charge is -2.17. The highest BCUT2D eigenvalue weighted by Crippen LogP contribution is 2.25. The zero-order valence-corrected chi connectivity index (χ0v) is 8.74. The Morgan fingerprint density at radius 2 is 2.13 bits per heavy atom. The Kier molecular flexibility index (Phi) is 4.55. The smallest absolute Gasteiger partial charge is 0.308 e. The minimum absolute atomic E-state index is 0.0846. The monoisotopic (exact) mass is 214 g/mol. The summed E-state index contributed by atoms with van der Waals surface area (Å²) in [6.45, 7) is 0.487. The molecule has 15 heavy (non-hydrogen) atoms. The molecule has 0 aliphatic heterocycles. The van der Waals surface area contributed by atoms with Crippen LogP contribution in [0, 0.1) is 5.92 Å². The van der Waals surface area contributed by atoms with Gasteiger partial charge in [-0.25, -0.2) is 0 Å². The van der Waals surface area contributed by atoms with Gasteiger partial charge in [-0.15, -0.1) is 0 Å². The van der Waals surface area contributed by atoms with Gasteiger partial charge in [-0.3, -0.25) is 9.59 Å². The van der Waals surface area contributed by atoms with Gasteiger partial charge in [0.15, 0.2) is 0 Å². The molecule has 1 fully saturated rings. The number of carboxylic acids is 1. The number of hydrogen-bond donors (Lipinski definition) is 3. The molecule has 2 atom stereocenters. The molecule has 4 N–H and O–H groups in total. The number of amides is 1. The lowest BCUT2D eigenvalue weighted by Crippen LogP contribution is -2.40. The van der Waals surface area contributed by atoms with Gasteiger partial charge in [0.25, 0.3) is 0 Å². The van der Waals surface area contributed by atoms with Crippen molar-refractivity contribution in [1.29, 1.82) is 0 Å². The van der Waals surface area contributed by atoms with Crippen molar-refractivity contribution in [3.05, 3.63) is 0 Å². The topological polar surface area (TPSA) is 92.4 Å². The fourth-order valence-corrected chi connectivity index (χ4v) is 1.97. The molecule has 0 heterocycles. The molecule has 1 rings (SSSR count). The maximum absolute atomic E-state index is 11.4. The molecule has 1 aliphatic rings. The van der Waals surface area contributed by atoms with Gasteiger partial charge in [0, 0.05) is 12.5 Å². The van der Waals surface area contributed by atoms with E-state index < -0.39 is 11.9 Å². The van der Waals surface area contributed by atoms with Crippen molar-refractivity contribution in [2.75, 3.05) is 6.54 Å². The van der Waals surface area contributed by atoms with Gasteiger partial charge in [0.2, 0.25) is 5.91 Å². The minimum Gasteiger partial charge on any atom is -0.481 e. The summed E-state index contributed by atoms with van der Waals surface area (Å²) in [7, 11) is 0. The Hall–Kier alpha value is -1.10. The second-order valence-electron chi connectivity index (χ2n) is 3.94. The lowest BCUT2D eigenvalue weighted by atomic mass is 10.0. The molecule has 0 aromatic heterocycles. The summed E-state index contributed by atoms with van der Waals surface area (Å²) in [6.07, 6.45) is 3.34. The molecule has 5 heteroatoms. The molecule has 0 aromatic rings. The fourth-order valence-electron chi connectivity index (χ4n) is 1.97. The SMILES string of the molecule is NCCCC(=O)NC1CCCC1C(=O)O. The third-order valence-electron chi connectivity index (χ3n) is 2.79. The number of hydrogen-bond acceptors (Lipinski definition) is 3. The van der Waals surface area contributed by atoms with Crippen LogP contribution in [0.5, 0.6) is 0 Å². The van der Waals surface area contributed by atoms with Crippen LogP contribution in [-0.2, 0) is 9.59 Å². The van der Waals surface area contributed by atoms with Crippen molar-refractivity contribution in [3.8, 4) is 0 Å². The van der Waals surface area contributed by atoms with Gasteiger partial charge in [-0.1, -0.05) is 6.42 Å². The van der Waals surface area contributed by atoms with Gasteiger partial charge in [-0.2, -0.15) is 0 Å². The van der Waals surface area contributed by atoms with Crippen molar-refractivity contribution in [2.24, 2.45) is 11.7 Å². The first kappa shape index (κ1) is 12.0. The summed E-state index contributed by atoms with van der Waals surface area (Å²) in [4.78, 5) is 22.2. The van der Waals surface area contributed by atoms with Gasteiger partial charge >= 0.3 is 5.97 Å². The molecular formula is C10H18N2O3. The number of nitrogens with one attached hydrogen (secondary N) is 1. The van der Waals surface area contributed by atoms with Crippen LogP contribution in [0.15, 0.2) is 0 Å². The van der Waals surface area contributed by atoms with E-state index in [-0.39, 0.29) is 11.9 Å². The molecule has 0 radical (unpaired) electrons. The first-order valence-electron chi connectivity index (χ1n) is 5.37. The normalized spacial score (nSPS) is 25.1. The third kappa shape index (κ3) is 3.51. The van der Waals surface area contributed by atoms with E-state index in [1.165, 1.54) is 0 Å². The number of aliphatic carboxylic acids is 1. The number of carbonyl (C=O) groups is 2. The molecular weight excluding hydrogens is 196 g/mol. The Bertz CT molecular complexity index is 243. The molecule has 0 aromatic carbocycles. The molecule has 2 unspecified atom stereocenters. The van der Waals surface area contributed by atoms with Crippen LogP contribution in [0.2, 0.25) is 0 Å². The minimum atomic E-state index is -0.809. The molecule has 0 bridgehead atoms. The van der Waals surface area contributed by atoms with Gasteiger partial charge in [-0.05, 0) is 25.8 Å². The van der Waals surface area contributed by atoms with Crippen molar-refractivity contribution in [2.45, 2.75) is 38.1 Å². The van der Waals surface area contributed by atoms with Crippen LogP contribution < -0.4 is 11.1 Å². The number of carboxylic acid groups (broad SMARTS) is 1.